The molecule has 2 atom stereocenters. The van der Waals surface area contributed by atoms with Crippen LogP contribution in [0.1, 0.15) is 17.2 Å². The van der Waals surface area contributed by atoms with Gasteiger partial charge in [0, 0.05) is 0 Å². The summed E-state index contributed by atoms with van der Waals surface area (Å²) in [6.45, 7) is 0. The number of rotatable bonds is 6. The molecule has 1 aliphatic rings. The Labute approximate surface area is 167 Å². The van der Waals surface area contributed by atoms with Gasteiger partial charge in [-0.25, -0.2) is 0 Å². The van der Waals surface area contributed by atoms with E-state index in [1.165, 1.54) is 14.2 Å². The van der Waals surface area contributed by atoms with E-state index in [0.717, 1.165) is 10.0 Å². The predicted octanol–water partition coefficient (Wildman–Crippen LogP) is 2.56. The molecule has 28 heavy (non-hydrogen) atoms. The first kappa shape index (κ1) is 21.0. The van der Waals surface area contributed by atoms with Crippen molar-refractivity contribution in [2.24, 2.45) is 0 Å². The standard InChI is InChI=1S/C18H18F3NO4SSe/c1-25-13-8-5-9-14(26-2)17(13)28-15-10-11-6-3-4-7-12(11)16(15)22-27(23,24)18(19,20)21/h3-9,15-16,22H,10H2,1-2H3. The van der Waals surface area contributed by atoms with Gasteiger partial charge >= 0.3 is 167 Å². The first-order chi connectivity index (χ1) is 13.2. The first-order valence-electron chi connectivity index (χ1n) is 8.22. The summed E-state index contributed by atoms with van der Waals surface area (Å²) in [7, 11) is -2.48. The summed E-state index contributed by atoms with van der Waals surface area (Å²) in [6.07, 6.45) is 0.461. The van der Waals surface area contributed by atoms with E-state index < -0.39 is 36.5 Å². The fourth-order valence-electron chi connectivity index (χ4n) is 3.13. The number of hydrogen-bond acceptors (Lipinski definition) is 4. The van der Waals surface area contributed by atoms with Crippen LogP contribution >= 0.6 is 0 Å². The van der Waals surface area contributed by atoms with Gasteiger partial charge in [-0.3, -0.25) is 0 Å². The Morgan fingerprint density at radius 1 is 1.04 bits per heavy atom. The molecule has 2 unspecified atom stereocenters. The molecule has 0 amide bonds. The molecule has 0 aliphatic heterocycles. The number of alkyl halides is 3. The van der Waals surface area contributed by atoms with Crippen molar-refractivity contribution >= 4 is 29.4 Å². The summed E-state index contributed by atoms with van der Waals surface area (Å²) in [5.74, 6) is 1.13. The molecule has 0 aromatic heterocycles. The van der Waals surface area contributed by atoms with E-state index >= 15 is 0 Å². The Morgan fingerprint density at radius 2 is 1.64 bits per heavy atom. The number of fused-ring (bicyclic) bond motifs is 1. The predicted molar refractivity (Wildman–Crippen MR) is 99.7 cm³/mol. The van der Waals surface area contributed by atoms with Crippen LogP contribution in [-0.2, 0) is 16.4 Å². The van der Waals surface area contributed by atoms with Crippen molar-refractivity contribution in [2.75, 3.05) is 14.2 Å². The molecule has 0 saturated carbocycles. The molecule has 0 radical (unpaired) electrons. The van der Waals surface area contributed by atoms with Gasteiger partial charge < -0.3 is 0 Å². The normalized spacial score (nSPS) is 19.3. The van der Waals surface area contributed by atoms with Gasteiger partial charge in [0.05, 0.1) is 0 Å². The van der Waals surface area contributed by atoms with Crippen molar-refractivity contribution in [1.82, 2.24) is 4.72 Å². The average Bonchev–Trinajstić information content (AvgIpc) is 2.98. The molecule has 152 valence electrons. The van der Waals surface area contributed by atoms with Gasteiger partial charge in [0.1, 0.15) is 0 Å². The van der Waals surface area contributed by atoms with Gasteiger partial charge in [-0.15, -0.1) is 0 Å². The van der Waals surface area contributed by atoms with Crippen LogP contribution < -0.4 is 18.7 Å². The molecule has 2 aromatic rings. The Balaban J connectivity index is 1.99. The monoisotopic (exact) mass is 481 g/mol. The zero-order chi connectivity index (χ0) is 20.5. The molecule has 0 bridgehead atoms. The molecule has 0 spiro atoms. The quantitative estimate of drug-likeness (QED) is 0.646. The second-order valence-corrected chi connectivity index (χ2v) is 10.4. The SMILES string of the molecule is COc1cccc(OC)c1[Se]C1Cc2ccccc2C1NS(=O)(=O)C(F)(F)F. The van der Waals surface area contributed by atoms with E-state index in [2.05, 4.69) is 0 Å². The Kier molecular flexibility index (Phi) is 5.95. The van der Waals surface area contributed by atoms with Crippen LogP contribution in [0.25, 0.3) is 0 Å². The third-order valence-electron chi connectivity index (χ3n) is 4.42. The summed E-state index contributed by atoms with van der Waals surface area (Å²) < 4.78 is 75.9. The van der Waals surface area contributed by atoms with E-state index in [4.69, 9.17) is 9.47 Å². The van der Waals surface area contributed by atoms with Crippen LogP contribution in [0.3, 0.4) is 0 Å². The van der Waals surface area contributed by atoms with Crippen molar-refractivity contribution in [3.05, 3.63) is 53.6 Å². The van der Waals surface area contributed by atoms with Crippen molar-refractivity contribution < 1.29 is 31.1 Å². The molecule has 0 fully saturated rings. The Hall–Kier alpha value is -1.74. The van der Waals surface area contributed by atoms with Crippen molar-refractivity contribution in [2.45, 2.75) is 22.8 Å². The van der Waals surface area contributed by atoms with E-state index in [9.17, 15) is 21.6 Å². The van der Waals surface area contributed by atoms with Gasteiger partial charge in [0.25, 0.3) is 0 Å². The molecule has 3 rings (SSSR count). The molecule has 1 aliphatic carbocycles. The summed E-state index contributed by atoms with van der Waals surface area (Å²) in [5.41, 5.74) is -3.97. The second-order valence-electron chi connectivity index (χ2n) is 6.10. The maximum atomic E-state index is 13.0. The van der Waals surface area contributed by atoms with E-state index in [-0.39, 0.29) is 4.82 Å². The number of nitrogens with one attached hydrogen (secondary N) is 1. The molecular weight excluding hydrogens is 462 g/mol. The Morgan fingerprint density at radius 3 is 2.21 bits per heavy atom. The zero-order valence-electron chi connectivity index (χ0n) is 15.0. The van der Waals surface area contributed by atoms with Gasteiger partial charge in [-0.1, -0.05) is 0 Å². The molecule has 0 saturated heterocycles. The fourth-order valence-corrected chi connectivity index (χ4v) is 7.12. The van der Waals surface area contributed by atoms with Crippen LogP contribution in [-0.4, -0.2) is 43.1 Å². The van der Waals surface area contributed by atoms with E-state index in [1.807, 2.05) is 4.72 Å². The summed E-state index contributed by atoms with van der Waals surface area (Å²) >= 11 is -0.421. The first-order valence-corrected chi connectivity index (χ1v) is 11.5. The molecular formula is C18H18F3NO4SSe. The zero-order valence-corrected chi connectivity index (χ0v) is 17.5. The van der Waals surface area contributed by atoms with Gasteiger partial charge in [-0.05, 0) is 0 Å². The van der Waals surface area contributed by atoms with Gasteiger partial charge in [-0.2, -0.15) is 0 Å². The van der Waals surface area contributed by atoms with Crippen LogP contribution in [0.4, 0.5) is 13.2 Å². The van der Waals surface area contributed by atoms with Crippen molar-refractivity contribution in [3.63, 3.8) is 0 Å². The number of methoxy groups -OCH3 is 2. The number of benzene rings is 2. The van der Waals surface area contributed by atoms with Crippen LogP contribution in [0, 0.1) is 0 Å². The number of ether oxygens (including phenoxy) is 2. The molecule has 1 N–H and O–H groups in total. The minimum atomic E-state index is -5.48. The van der Waals surface area contributed by atoms with Crippen LogP contribution in [0.5, 0.6) is 11.5 Å². The number of sulfonamides is 1. The minimum absolute atomic E-state index is 0.368. The summed E-state index contributed by atoms with van der Waals surface area (Å²) in [5, 5.41) is 0. The Bertz CT molecular complexity index is 943. The van der Waals surface area contributed by atoms with Crippen molar-refractivity contribution in [3.8, 4) is 11.5 Å². The molecule has 10 heteroatoms. The van der Waals surface area contributed by atoms with Gasteiger partial charge in [0.2, 0.25) is 0 Å². The van der Waals surface area contributed by atoms with E-state index in [1.54, 1.807) is 42.5 Å². The summed E-state index contributed by atoms with van der Waals surface area (Å²) in [4.78, 5) is -0.368. The van der Waals surface area contributed by atoms with E-state index in [0.29, 0.717) is 23.5 Å². The van der Waals surface area contributed by atoms with Crippen molar-refractivity contribution in [1.29, 1.82) is 0 Å². The molecule has 2 aromatic carbocycles. The molecule has 0 heterocycles. The van der Waals surface area contributed by atoms with Crippen LogP contribution in [0.2, 0.25) is 4.82 Å². The third-order valence-corrected chi connectivity index (χ3v) is 8.49. The topological polar surface area (TPSA) is 64.6 Å². The molecule has 5 nitrogen and oxygen atoms in total. The average molecular weight is 480 g/mol. The number of halogens is 3. The summed E-state index contributed by atoms with van der Waals surface area (Å²) in [6, 6.07) is 11.2. The maximum absolute atomic E-state index is 13.0. The number of hydrogen-bond donors (Lipinski definition) is 1. The van der Waals surface area contributed by atoms with Gasteiger partial charge in [0.15, 0.2) is 0 Å². The third kappa shape index (κ3) is 4.00. The van der Waals surface area contributed by atoms with Crippen LogP contribution in [0.15, 0.2) is 42.5 Å². The second kappa shape index (κ2) is 7.94. The fraction of sp³-hybridized carbons (Fsp3) is 0.333.